The van der Waals surface area contributed by atoms with Gasteiger partial charge in [0.2, 0.25) is 5.95 Å². The molecular weight excluding hydrogens is 492 g/mol. The number of aliphatic hydroxyl groups is 3. The number of aromatic amines is 2. The molecule has 1 aliphatic heterocycles. The molecular formula is C20H28N10O7. The van der Waals surface area contributed by atoms with Crippen LogP contribution in [0.3, 0.4) is 0 Å². The molecule has 0 bridgehead atoms. The van der Waals surface area contributed by atoms with Crippen molar-refractivity contribution in [1.82, 2.24) is 29.1 Å². The highest BCUT2D eigenvalue weighted by Gasteiger charge is 2.35. The van der Waals surface area contributed by atoms with Crippen LogP contribution < -0.4 is 22.5 Å². The smallest absolute Gasteiger partial charge is 0.330 e. The molecule has 37 heavy (non-hydrogen) atoms. The Morgan fingerprint density at radius 2 is 2.00 bits per heavy atom. The zero-order valence-corrected chi connectivity index (χ0v) is 19.9. The Balaban J connectivity index is 0.000000206. The summed E-state index contributed by atoms with van der Waals surface area (Å²) in [6.07, 6.45) is 2.39. The summed E-state index contributed by atoms with van der Waals surface area (Å²) in [5, 5.41) is 30.6. The highest BCUT2D eigenvalue weighted by atomic mass is 16.5. The Labute approximate surface area is 207 Å². The second-order valence-electron chi connectivity index (χ2n) is 8.38. The van der Waals surface area contributed by atoms with Gasteiger partial charge in [-0.3, -0.25) is 24.1 Å². The van der Waals surface area contributed by atoms with Crippen molar-refractivity contribution < 1.29 is 20.1 Å². The predicted octanol–water partition coefficient (Wildman–Crippen LogP) is -1.50. The third-order valence-electron chi connectivity index (χ3n) is 5.83. The molecule has 0 saturated carbocycles. The Kier molecular flexibility index (Phi) is 9.15. The highest BCUT2D eigenvalue weighted by molar-refractivity contribution is 5.70. The summed E-state index contributed by atoms with van der Waals surface area (Å²) in [6, 6.07) is -0.542. The van der Waals surface area contributed by atoms with E-state index < -0.39 is 29.6 Å². The van der Waals surface area contributed by atoms with Crippen LogP contribution in [-0.4, -0.2) is 76.4 Å². The maximum absolute atomic E-state index is 11.7. The maximum atomic E-state index is 11.7. The number of ether oxygens (including phenoxy) is 1. The van der Waals surface area contributed by atoms with E-state index in [0.717, 1.165) is 0 Å². The minimum atomic E-state index is -0.671. The number of hydrogen-bond acceptors (Lipinski definition) is 11. The molecule has 17 nitrogen and oxygen atoms in total. The Morgan fingerprint density at radius 3 is 2.65 bits per heavy atom. The fourth-order valence-electron chi connectivity index (χ4n) is 3.73. The molecule has 3 atom stereocenters. The SMILES string of the molecule is Cc1cn([C@H]2C[C@H](N=[N+]=[N-])[C@@H](CO)O2)c(=O)[nH]c1=O.Nc1nc2c(ncn2CCC(CO)CO)c(=O)[nH]1. The van der Waals surface area contributed by atoms with Crippen LogP contribution in [0, 0.1) is 12.8 Å². The maximum Gasteiger partial charge on any atom is 0.330 e. The van der Waals surface area contributed by atoms with Gasteiger partial charge in [0, 0.05) is 48.8 Å². The molecule has 0 amide bonds. The molecule has 1 saturated heterocycles. The van der Waals surface area contributed by atoms with E-state index in [0.29, 0.717) is 24.2 Å². The standard InChI is InChI=1S/C10H13N5O4.C10H15N5O3/c1-5-3-15(10(18)12-9(5)17)8-2-6(13-14-11)7(4-16)19-8;11-10-13-8-7(9(18)14-10)12-5-15(8)2-1-6(3-16)4-17/h3,6-8,16H,2,4H2,1H3,(H,12,17,18);5-6,16-17H,1-4H2,(H3,11,13,14,18)/t6-,7+,8+;/m0./s1. The van der Waals surface area contributed by atoms with Gasteiger partial charge >= 0.3 is 5.69 Å². The minimum Gasteiger partial charge on any atom is -0.396 e. The van der Waals surface area contributed by atoms with Gasteiger partial charge in [0.15, 0.2) is 11.2 Å². The number of hydrogen-bond donors (Lipinski definition) is 6. The van der Waals surface area contributed by atoms with Gasteiger partial charge in [0.1, 0.15) is 6.23 Å². The minimum absolute atomic E-state index is 0.0371. The summed E-state index contributed by atoms with van der Waals surface area (Å²) in [4.78, 5) is 49.7. The number of azide groups is 1. The first kappa shape index (κ1) is 27.6. The number of anilines is 1. The van der Waals surface area contributed by atoms with Gasteiger partial charge in [-0.25, -0.2) is 9.78 Å². The van der Waals surface area contributed by atoms with Crippen molar-refractivity contribution in [3.63, 3.8) is 0 Å². The molecule has 3 aromatic heterocycles. The first-order valence-corrected chi connectivity index (χ1v) is 11.3. The van der Waals surface area contributed by atoms with E-state index in [2.05, 4.69) is 30.0 Å². The number of H-pyrrole nitrogens is 2. The van der Waals surface area contributed by atoms with Crippen LogP contribution in [0.25, 0.3) is 21.6 Å². The first-order chi connectivity index (χ1) is 17.7. The molecule has 0 aromatic carbocycles. The zero-order chi connectivity index (χ0) is 27.1. The molecule has 7 N–H and O–H groups in total. The van der Waals surface area contributed by atoms with E-state index in [1.165, 1.54) is 17.1 Å². The van der Waals surface area contributed by atoms with Crippen LogP contribution >= 0.6 is 0 Å². The first-order valence-electron chi connectivity index (χ1n) is 11.3. The van der Waals surface area contributed by atoms with E-state index in [1.54, 1.807) is 11.5 Å². The molecule has 0 unspecified atom stereocenters. The zero-order valence-electron chi connectivity index (χ0n) is 19.9. The number of aryl methyl sites for hydroxylation is 2. The second kappa shape index (κ2) is 12.3. The molecule has 1 aliphatic rings. The van der Waals surface area contributed by atoms with Gasteiger partial charge in [-0.05, 0) is 18.9 Å². The van der Waals surface area contributed by atoms with Crippen LogP contribution in [0.2, 0.25) is 0 Å². The lowest BCUT2D eigenvalue weighted by molar-refractivity contribution is -0.0271. The van der Waals surface area contributed by atoms with E-state index in [-0.39, 0.29) is 49.2 Å². The summed E-state index contributed by atoms with van der Waals surface area (Å²) in [5.74, 6) is -0.156. The average Bonchev–Trinajstić information content (AvgIpc) is 3.47. The molecule has 1 fully saturated rings. The van der Waals surface area contributed by atoms with Crippen molar-refractivity contribution >= 4 is 17.1 Å². The van der Waals surface area contributed by atoms with Gasteiger partial charge in [-0.1, -0.05) is 5.11 Å². The summed E-state index contributed by atoms with van der Waals surface area (Å²) in [7, 11) is 0. The number of nitrogens with two attached hydrogens (primary N) is 1. The summed E-state index contributed by atoms with van der Waals surface area (Å²) in [6.45, 7) is 1.59. The fourth-order valence-corrected chi connectivity index (χ4v) is 3.73. The number of rotatable bonds is 8. The summed E-state index contributed by atoms with van der Waals surface area (Å²) in [5.41, 5.74) is 13.5. The van der Waals surface area contributed by atoms with Crippen molar-refractivity contribution in [1.29, 1.82) is 0 Å². The topological polar surface area (TPSA) is 263 Å². The van der Waals surface area contributed by atoms with Crippen LogP contribution in [0.15, 0.2) is 32.0 Å². The van der Waals surface area contributed by atoms with E-state index >= 15 is 0 Å². The number of imidazole rings is 1. The number of nitrogens with one attached hydrogen (secondary N) is 2. The lowest BCUT2D eigenvalue weighted by atomic mass is 10.1. The molecule has 0 spiro atoms. The molecule has 17 heteroatoms. The van der Waals surface area contributed by atoms with Crippen molar-refractivity contribution in [3.8, 4) is 0 Å². The van der Waals surface area contributed by atoms with Gasteiger partial charge in [0.25, 0.3) is 11.1 Å². The quantitative estimate of drug-likeness (QED) is 0.114. The average molecular weight is 521 g/mol. The second-order valence-corrected chi connectivity index (χ2v) is 8.38. The molecule has 4 rings (SSSR count). The highest BCUT2D eigenvalue weighted by Crippen LogP contribution is 2.29. The molecule has 3 aromatic rings. The Bertz CT molecular complexity index is 1430. The fraction of sp³-hybridized carbons (Fsp3) is 0.550. The Hall–Kier alpha value is -4.02. The van der Waals surface area contributed by atoms with Crippen LogP contribution in [-0.2, 0) is 11.3 Å². The van der Waals surface area contributed by atoms with Crippen LogP contribution in [0.4, 0.5) is 5.95 Å². The normalized spacial score (nSPS) is 19.0. The molecule has 0 radical (unpaired) electrons. The summed E-state index contributed by atoms with van der Waals surface area (Å²) >= 11 is 0. The van der Waals surface area contributed by atoms with Crippen LogP contribution in [0.1, 0.15) is 24.6 Å². The summed E-state index contributed by atoms with van der Waals surface area (Å²) < 4.78 is 8.37. The Morgan fingerprint density at radius 1 is 1.27 bits per heavy atom. The van der Waals surface area contributed by atoms with Gasteiger partial charge in [-0.2, -0.15) is 4.98 Å². The molecule has 0 aliphatic carbocycles. The monoisotopic (exact) mass is 520 g/mol. The van der Waals surface area contributed by atoms with Gasteiger partial charge in [-0.15, -0.1) is 0 Å². The third-order valence-corrected chi connectivity index (χ3v) is 5.83. The van der Waals surface area contributed by atoms with Gasteiger partial charge < -0.3 is 30.4 Å². The van der Waals surface area contributed by atoms with Crippen LogP contribution in [0.5, 0.6) is 0 Å². The number of aromatic nitrogens is 6. The van der Waals surface area contributed by atoms with Crippen molar-refractivity contribution in [2.75, 3.05) is 25.6 Å². The third kappa shape index (κ3) is 6.41. The molecule has 4 heterocycles. The number of fused-ring (bicyclic) bond motifs is 1. The van der Waals surface area contributed by atoms with E-state index in [1.807, 2.05) is 0 Å². The lowest BCUT2D eigenvalue weighted by Gasteiger charge is -2.14. The largest absolute Gasteiger partial charge is 0.396 e. The number of nitrogen functional groups attached to an aromatic ring is 1. The lowest BCUT2D eigenvalue weighted by Crippen LogP contribution is -2.33. The van der Waals surface area contributed by atoms with E-state index in [9.17, 15) is 14.4 Å². The van der Waals surface area contributed by atoms with Crippen molar-refractivity contribution in [3.05, 3.63) is 59.7 Å². The van der Waals surface area contributed by atoms with Gasteiger partial charge in [0.05, 0.1) is 25.1 Å². The molecule has 200 valence electrons. The number of aliphatic hydroxyl groups excluding tert-OH is 3. The van der Waals surface area contributed by atoms with Crippen molar-refractivity contribution in [2.45, 2.75) is 44.7 Å². The van der Waals surface area contributed by atoms with E-state index in [4.69, 9.17) is 31.3 Å². The van der Waals surface area contributed by atoms with Crippen molar-refractivity contribution in [2.24, 2.45) is 11.0 Å². The number of nitrogens with zero attached hydrogens (tertiary/aromatic N) is 7. The predicted molar refractivity (Wildman–Crippen MR) is 129 cm³/mol.